The highest BCUT2D eigenvalue weighted by atomic mass is 16.3. The number of rotatable bonds is 4. The summed E-state index contributed by atoms with van der Waals surface area (Å²) >= 11 is 0. The van der Waals surface area contributed by atoms with Gasteiger partial charge in [-0.1, -0.05) is 44.5 Å². The molecule has 1 heterocycles. The maximum Gasteiger partial charge on any atom is 0.116 e. The first-order chi connectivity index (χ1) is 14.5. The van der Waals surface area contributed by atoms with Gasteiger partial charge in [0.25, 0.3) is 0 Å². The zero-order chi connectivity index (χ0) is 20.8. The third-order valence-corrected chi connectivity index (χ3v) is 7.07. The van der Waals surface area contributed by atoms with Crippen LogP contribution in [-0.2, 0) is 6.42 Å². The molecule has 3 unspecified atom stereocenters. The van der Waals surface area contributed by atoms with Crippen molar-refractivity contribution in [3.05, 3.63) is 65.7 Å². The third-order valence-electron chi connectivity index (χ3n) is 7.07. The summed E-state index contributed by atoms with van der Waals surface area (Å²) in [6, 6.07) is 22.0. The first kappa shape index (κ1) is 19.0. The van der Waals surface area contributed by atoms with Crippen molar-refractivity contribution in [3.63, 3.8) is 0 Å². The predicted octanol–water partition coefficient (Wildman–Crippen LogP) is 6.67. The minimum absolute atomic E-state index is 0.0665. The normalized spacial score (nSPS) is 20.9. The molecule has 1 fully saturated rings. The molecule has 152 valence electrons. The van der Waals surface area contributed by atoms with Crippen LogP contribution >= 0.6 is 0 Å². The molecule has 2 aliphatic rings. The van der Waals surface area contributed by atoms with Gasteiger partial charge in [0.1, 0.15) is 5.75 Å². The maximum absolute atomic E-state index is 9.77. The van der Waals surface area contributed by atoms with Crippen molar-refractivity contribution in [1.29, 1.82) is 5.26 Å². The first-order valence-electron chi connectivity index (χ1n) is 11.1. The largest absolute Gasteiger partial charge is 0.508 e. The van der Waals surface area contributed by atoms with E-state index >= 15 is 0 Å². The minimum atomic E-state index is 0.0665. The van der Waals surface area contributed by atoms with Crippen LogP contribution in [0.3, 0.4) is 0 Å². The lowest BCUT2D eigenvalue weighted by Gasteiger charge is -2.27. The monoisotopic (exact) mass is 396 g/mol. The summed E-state index contributed by atoms with van der Waals surface area (Å²) < 4.78 is 0. The highest BCUT2D eigenvalue weighted by molar-refractivity contribution is 5.89. The molecule has 3 aromatic rings. The van der Waals surface area contributed by atoms with E-state index in [1.807, 2.05) is 12.1 Å². The van der Waals surface area contributed by atoms with Gasteiger partial charge in [-0.15, -0.1) is 0 Å². The molecule has 0 aromatic heterocycles. The second kappa shape index (κ2) is 7.36. The molecule has 3 aromatic carbocycles. The smallest absolute Gasteiger partial charge is 0.116 e. The van der Waals surface area contributed by atoms with Crippen molar-refractivity contribution in [3.8, 4) is 11.8 Å². The van der Waals surface area contributed by atoms with E-state index in [4.69, 9.17) is 0 Å². The van der Waals surface area contributed by atoms with Gasteiger partial charge < -0.3 is 10.0 Å². The first-order valence-corrected chi connectivity index (χ1v) is 11.1. The zero-order valence-electron chi connectivity index (χ0n) is 17.7. The second-order valence-corrected chi connectivity index (χ2v) is 9.27. The summed E-state index contributed by atoms with van der Waals surface area (Å²) in [6.07, 6.45) is 4.56. The van der Waals surface area contributed by atoms with Crippen LogP contribution in [0.1, 0.15) is 50.2 Å². The van der Waals surface area contributed by atoms with Crippen LogP contribution in [0, 0.1) is 23.2 Å². The topological polar surface area (TPSA) is 47.3 Å². The second-order valence-electron chi connectivity index (χ2n) is 9.27. The Balaban J connectivity index is 1.54. The van der Waals surface area contributed by atoms with E-state index in [0.717, 1.165) is 17.2 Å². The van der Waals surface area contributed by atoms with Gasteiger partial charge in [0, 0.05) is 23.3 Å². The average Bonchev–Trinajstić information content (AvgIpc) is 3.32. The van der Waals surface area contributed by atoms with Crippen LogP contribution < -0.4 is 4.90 Å². The standard InChI is InChI=1S/C27H28N2O/c1-17(2)21(16-28)12-18-6-11-27-25(13-18)24-4-3-5-26(24)29(27)22-9-7-20-15-23(30)10-8-19(20)14-22/h6-11,13-15,17,21,24,26,30H,3-5,12H2,1-2H3. The van der Waals surface area contributed by atoms with Crippen molar-refractivity contribution in [2.45, 2.75) is 51.5 Å². The number of nitriles is 1. The fraction of sp³-hybridized carbons (Fsp3) is 0.370. The molecule has 0 spiro atoms. The molecular weight excluding hydrogens is 368 g/mol. The molecule has 0 saturated heterocycles. The van der Waals surface area contributed by atoms with Gasteiger partial charge in [0.05, 0.1) is 12.0 Å². The lowest BCUT2D eigenvalue weighted by atomic mass is 9.88. The summed E-state index contributed by atoms with van der Waals surface area (Å²) in [5.41, 5.74) is 5.30. The van der Waals surface area contributed by atoms with E-state index in [-0.39, 0.29) is 5.92 Å². The summed E-state index contributed by atoms with van der Waals surface area (Å²) in [5.74, 6) is 1.32. The fourth-order valence-corrected chi connectivity index (χ4v) is 5.42. The van der Waals surface area contributed by atoms with Gasteiger partial charge in [-0.2, -0.15) is 5.26 Å². The van der Waals surface area contributed by atoms with Crippen LogP contribution in [0.15, 0.2) is 54.6 Å². The number of aromatic hydroxyl groups is 1. The van der Waals surface area contributed by atoms with Gasteiger partial charge in [-0.25, -0.2) is 0 Å². The maximum atomic E-state index is 9.77. The van der Waals surface area contributed by atoms with Crippen molar-refractivity contribution >= 4 is 22.1 Å². The molecule has 0 amide bonds. The Morgan fingerprint density at radius 1 is 1.03 bits per heavy atom. The number of phenolic OH excluding ortho intramolecular Hbond substituents is 1. The number of anilines is 2. The third kappa shape index (κ3) is 3.12. The van der Waals surface area contributed by atoms with Crippen molar-refractivity contribution in [1.82, 2.24) is 0 Å². The highest BCUT2D eigenvalue weighted by Gasteiger charge is 2.42. The molecular formula is C27H28N2O. The Kier molecular flexibility index (Phi) is 4.66. The van der Waals surface area contributed by atoms with Crippen LogP contribution in [0.4, 0.5) is 11.4 Å². The zero-order valence-corrected chi connectivity index (χ0v) is 17.7. The molecule has 1 aliphatic heterocycles. The van der Waals surface area contributed by atoms with Gasteiger partial charge >= 0.3 is 0 Å². The van der Waals surface area contributed by atoms with Crippen LogP contribution in [-0.4, -0.2) is 11.1 Å². The molecule has 5 rings (SSSR count). The number of nitrogens with zero attached hydrogens (tertiary/aromatic N) is 2. The average molecular weight is 397 g/mol. The predicted molar refractivity (Wildman–Crippen MR) is 122 cm³/mol. The summed E-state index contributed by atoms with van der Waals surface area (Å²) in [4.78, 5) is 2.54. The Bertz CT molecular complexity index is 1140. The molecule has 3 heteroatoms. The molecule has 3 nitrogen and oxygen atoms in total. The van der Waals surface area contributed by atoms with Crippen LogP contribution in [0.25, 0.3) is 10.8 Å². The van der Waals surface area contributed by atoms with E-state index in [2.05, 4.69) is 61.2 Å². The fourth-order valence-electron chi connectivity index (χ4n) is 5.42. The van der Waals surface area contributed by atoms with Gasteiger partial charge in [0.2, 0.25) is 0 Å². The van der Waals surface area contributed by atoms with E-state index < -0.39 is 0 Å². The molecule has 1 saturated carbocycles. The molecule has 3 atom stereocenters. The van der Waals surface area contributed by atoms with Gasteiger partial charge in [0.15, 0.2) is 0 Å². The minimum Gasteiger partial charge on any atom is -0.508 e. The van der Waals surface area contributed by atoms with Crippen LogP contribution in [0.5, 0.6) is 5.75 Å². The summed E-state index contributed by atoms with van der Waals surface area (Å²) in [5, 5.41) is 21.5. The van der Waals surface area contributed by atoms with E-state index in [1.165, 1.54) is 41.8 Å². The number of hydrogen-bond acceptors (Lipinski definition) is 3. The van der Waals surface area contributed by atoms with Gasteiger partial charge in [-0.3, -0.25) is 0 Å². The number of phenols is 1. The quantitative estimate of drug-likeness (QED) is 0.535. The Labute approximate surface area is 178 Å². The number of benzene rings is 3. The lowest BCUT2D eigenvalue weighted by molar-refractivity contribution is 0.473. The van der Waals surface area contributed by atoms with Gasteiger partial charge in [-0.05, 0) is 77.4 Å². The van der Waals surface area contributed by atoms with Crippen molar-refractivity contribution < 1.29 is 5.11 Å². The van der Waals surface area contributed by atoms with E-state index in [0.29, 0.717) is 23.6 Å². The SMILES string of the molecule is CC(C)C(C#N)Cc1ccc2c(c1)C1CCCC1N2c1ccc2cc(O)ccc2c1. The lowest BCUT2D eigenvalue weighted by Crippen LogP contribution is -2.26. The van der Waals surface area contributed by atoms with Crippen LogP contribution in [0.2, 0.25) is 0 Å². The van der Waals surface area contributed by atoms with E-state index in [1.54, 1.807) is 6.07 Å². The molecule has 0 radical (unpaired) electrons. The summed E-state index contributed by atoms with van der Waals surface area (Å²) in [6.45, 7) is 4.27. The summed E-state index contributed by atoms with van der Waals surface area (Å²) in [7, 11) is 0. The Morgan fingerprint density at radius 2 is 1.83 bits per heavy atom. The Morgan fingerprint density at radius 3 is 2.63 bits per heavy atom. The van der Waals surface area contributed by atoms with Crippen molar-refractivity contribution in [2.75, 3.05) is 4.90 Å². The Hall–Kier alpha value is -2.99. The number of fused-ring (bicyclic) bond motifs is 4. The van der Waals surface area contributed by atoms with Crippen molar-refractivity contribution in [2.24, 2.45) is 11.8 Å². The molecule has 30 heavy (non-hydrogen) atoms. The molecule has 1 N–H and O–H groups in total. The number of hydrogen-bond donors (Lipinski definition) is 1. The molecule has 0 bridgehead atoms. The highest BCUT2D eigenvalue weighted by Crippen LogP contribution is 2.52. The van der Waals surface area contributed by atoms with E-state index in [9.17, 15) is 10.4 Å². The molecule has 1 aliphatic carbocycles.